The molecular weight excluding hydrogens is 316 g/mol. The van der Waals surface area contributed by atoms with Gasteiger partial charge in [-0.3, -0.25) is 0 Å². The van der Waals surface area contributed by atoms with E-state index in [-0.39, 0.29) is 6.04 Å². The van der Waals surface area contributed by atoms with E-state index in [4.69, 9.17) is 17.3 Å². The van der Waals surface area contributed by atoms with Crippen LogP contribution in [0.2, 0.25) is 5.02 Å². The molecule has 0 amide bonds. The fraction of sp³-hybridized carbons (Fsp3) is 0.238. The van der Waals surface area contributed by atoms with E-state index in [0.717, 1.165) is 18.0 Å². The second kappa shape index (κ2) is 7.80. The first kappa shape index (κ1) is 17.0. The summed E-state index contributed by atoms with van der Waals surface area (Å²) in [6.45, 7) is 3.43. The average molecular weight is 339 g/mol. The summed E-state index contributed by atoms with van der Waals surface area (Å²) in [4.78, 5) is 0. The van der Waals surface area contributed by atoms with E-state index in [1.54, 1.807) is 0 Å². The lowest BCUT2D eigenvalue weighted by atomic mass is 9.98. The smallest absolute Gasteiger partial charge is 0.0411 e. The number of nitrogens with one attached hydrogen (secondary N) is 1. The van der Waals surface area contributed by atoms with Crippen LogP contribution in [0.25, 0.3) is 10.8 Å². The molecule has 3 heteroatoms. The molecule has 1 unspecified atom stereocenters. The van der Waals surface area contributed by atoms with Crippen molar-refractivity contribution >= 4 is 22.4 Å². The van der Waals surface area contributed by atoms with Crippen LogP contribution < -0.4 is 11.1 Å². The zero-order chi connectivity index (χ0) is 16.9. The van der Waals surface area contributed by atoms with Gasteiger partial charge in [0, 0.05) is 24.2 Å². The third-order valence-corrected chi connectivity index (χ3v) is 4.55. The molecule has 3 aromatic rings. The molecule has 0 radical (unpaired) electrons. The van der Waals surface area contributed by atoms with Gasteiger partial charge in [0.15, 0.2) is 0 Å². The summed E-state index contributed by atoms with van der Waals surface area (Å²) in [5, 5.41) is 6.93. The third-order valence-electron chi connectivity index (χ3n) is 4.33. The lowest BCUT2D eigenvalue weighted by molar-refractivity contribution is 0.517. The van der Waals surface area contributed by atoms with E-state index in [2.05, 4.69) is 60.8 Å². The molecular formula is C21H23ClN2. The summed E-state index contributed by atoms with van der Waals surface area (Å²) < 4.78 is 0. The van der Waals surface area contributed by atoms with Gasteiger partial charge in [0.1, 0.15) is 0 Å². The molecule has 24 heavy (non-hydrogen) atoms. The van der Waals surface area contributed by atoms with E-state index in [0.29, 0.717) is 6.54 Å². The SMILES string of the molecule is Cc1cc(Cl)cc(CNC(CN)Cc2cccc3ccccc23)c1. The molecule has 124 valence electrons. The summed E-state index contributed by atoms with van der Waals surface area (Å²) in [6.07, 6.45) is 0.914. The van der Waals surface area contributed by atoms with Crippen molar-refractivity contribution in [2.75, 3.05) is 6.54 Å². The largest absolute Gasteiger partial charge is 0.329 e. The number of nitrogens with two attached hydrogens (primary N) is 1. The maximum absolute atomic E-state index is 6.14. The van der Waals surface area contributed by atoms with E-state index < -0.39 is 0 Å². The average Bonchev–Trinajstić information content (AvgIpc) is 2.58. The van der Waals surface area contributed by atoms with E-state index in [1.165, 1.54) is 27.5 Å². The Morgan fingerprint density at radius 2 is 1.83 bits per heavy atom. The van der Waals surface area contributed by atoms with Crippen LogP contribution in [0.4, 0.5) is 0 Å². The molecule has 0 aliphatic heterocycles. The van der Waals surface area contributed by atoms with Crippen molar-refractivity contribution in [2.24, 2.45) is 5.73 Å². The second-order valence-electron chi connectivity index (χ2n) is 6.29. The Morgan fingerprint density at radius 1 is 1.04 bits per heavy atom. The van der Waals surface area contributed by atoms with Crippen molar-refractivity contribution in [3.63, 3.8) is 0 Å². The quantitative estimate of drug-likeness (QED) is 0.696. The molecule has 2 nitrogen and oxygen atoms in total. The van der Waals surface area contributed by atoms with Gasteiger partial charge in [-0.1, -0.05) is 60.1 Å². The van der Waals surface area contributed by atoms with Crippen molar-refractivity contribution in [1.29, 1.82) is 0 Å². The molecule has 0 bridgehead atoms. The van der Waals surface area contributed by atoms with Gasteiger partial charge in [0.2, 0.25) is 0 Å². The van der Waals surface area contributed by atoms with E-state index in [9.17, 15) is 0 Å². The van der Waals surface area contributed by atoms with Gasteiger partial charge in [-0.25, -0.2) is 0 Å². The van der Waals surface area contributed by atoms with Crippen LogP contribution in [0.1, 0.15) is 16.7 Å². The van der Waals surface area contributed by atoms with Crippen LogP contribution in [0, 0.1) is 6.92 Å². The minimum absolute atomic E-state index is 0.232. The highest BCUT2D eigenvalue weighted by Crippen LogP contribution is 2.20. The van der Waals surface area contributed by atoms with Crippen LogP contribution >= 0.6 is 11.6 Å². The first-order chi connectivity index (χ1) is 11.7. The van der Waals surface area contributed by atoms with Gasteiger partial charge in [-0.05, 0) is 52.9 Å². The molecule has 0 fully saturated rings. The van der Waals surface area contributed by atoms with Crippen LogP contribution in [0.15, 0.2) is 60.7 Å². The summed E-state index contributed by atoms with van der Waals surface area (Å²) in [6, 6.07) is 21.3. The molecule has 0 aliphatic rings. The minimum Gasteiger partial charge on any atom is -0.329 e. The Bertz CT molecular complexity index is 803. The molecule has 0 saturated heterocycles. The van der Waals surface area contributed by atoms with Gasteiger partial charge < -0.3 is 11.1 Å². The number of rotatable bonds is 6. The maximum Gasteiger partial charge on any atom is 0.0411 e. The molecule has 0 aliphatic carbocycles. The van der Waals surface area contributed by atoms with Gasteiger partial charge in [0.25, 0.3) is 0 Å². The Hall–Kier alpha value is -1.87. The molecule has 0 saturated carbocycles. The Labute approximate surface area is 148 Å². The second-order valence-corrected chi connectivity index (χ2v) is 6.73. The fourth-order valence-electron chi connectivity index (χ4n) is 3.15. The van der Waals surface area contributed by atoms with Gasteiger partial charge >= 0.3 is 0 Å². The molecule has 3 aromatic carbocycles. The first-order valence-corrected chi connectivity index (χ1v) is 8.69. The molecule has 0 heterocycles. The minimum atomic E-state index is 0.232. The van der Waals surface area contributed by atoms with Gasteiger partial charge in [-0.15, -0.1) is 0 Å². The summed E-state index contributed by atoms with van der Waals surface area (Å²) in [5.41, 5.74) is 9.70. The number of halogens is 1. The highest BCUT2D eigenvalue weighted by Gasteiger charge is 2.10. The number of hydrogen-bond acceptors (Lipinski definition) is 2. The summed E-state index contributed by atoms with van der Waals surface area (Å²) >= 11 is 6.14. The molecule has 3 rings (SSSR count). The standard InChI is InChI=1S/C21H23ClN2/c1-15-9-16(11-19(22)10-15)14-24-20(13-23)12-18-7-4-6-17-5-2-3-8-21(17)18/h2-11,20,24H,12-14,23H2,1H3. The highest BCUT2D eigenvalue weighted by atomic mass is 35.5. The molecule has 0 spiro atoms. The highest BCUT2D eigenvalue weighted by molar-refractivity contribution is 6.30. The molecule has 1 atom stereocenters. The Morgan fingerprint density at radius 3 is 2.62 bits per heavy atom. The van der Waals surface area contributed by atoms with E-state index >= 15 is 0 Å². The van der Waals surface area contributed by atoms with Crippen molar-refractivity contribution in [2.45, 2.75) is 25.9 Å². The fourth-order valence-corrected chi connectivity index (χ4v) is 3.46. The zero-order valence-corrected chi connectivity index (χ0v) is 14.7. The Balaban J connectivity index is 1.72. The normalized spacial score (nSPS) is 12.5. The van der Waals surface area contributed by atoms with E-state index in [1.807, 2.05) is 12.1 Å². The third kappa shape index (κ3) is 4.15. The van der Waals surface area contributed by atoms with Gasteiger partial charge in [0.05, 0.1) is 0 Å². The summed E-state index contributed by atoms with van der Waals surface area (Å²) in [7, 11) is 0. The number of benzene rings is 3. The van der Waals surface area contributed by atoms with Crippen LogP contribution in [0.5, 0.6) is 0 Å². The topological polar surface area (TPSA) is 38.0 Å². The number of aryl methyl sites for hydroxylation is 1. The lowest BCUT2D eigenvalue weighted by Gasteiger charge is -2.18. The summed E-state index contributed by atoms with van der Waals surface area (Å²) in [5.74, 6) is 0. The zero-order valence-electron chi connectivity index (χ0n) is 13.9. The molecule has 3 N–H and O–H groups in total. The number of hydrogen-bond donors (Lipinski definition) is 2. The monoisotopic (exact) mass is 338 g/mol. The first-order valence-electron chi connectivity index (χ1n) is 8.32. The van der Waals surface area contributed by atoms with Crippen molar-refractivity contribution in [1.82, 2.24) is 5.32 Å². The predicted octanol–water partition coefficient (Wildman–Crippen LogP) is 4.46. The van der Waals surface area contributed by atoms with Crippen molar-refractivity contribution in [3.05, 3.63) is 82.4 Å². The van der Waals surface area contributed by atoms with Crippen LogP contribution in [0.3, 0.4) is 0 Å². The molecule has 0 aromatic heterocycles. The van der Waals surface area contributed by atoms with Crippen LogP contribution in [-0.2, 0) is 13.0 Å². The Kier molecular flexibility index (Phi) is 5.52. The number of fused-ring (bicyclic) bond motifs is 1. The van der Waals surface area contributed by atoms with Crippen molar-refractivity contribution in [3.8, 4) is 0 Å². The van der Waals surface area contributed by atoms with Gasteiger partial charge in [-0.2, -0.15) is 0 Å². The predicted molar refractivity (Wildman–Crippen MR) is 104 cm³/mol. The maximum atomic E-state index is 6.14. The van der Waals surface area contributed by atoms with Crippen molar-refractivity contribution < 1.29 is 0 Å². The van der Waals surface area contributed by atoms with Crippen LogP contribution in [-0.4, -0.2) is 12.6 Å². The lowest BCUT2D eigenvalue weighted by Crippen LogP contribution is -2.37.